The van der Waals surface area contributed by atoms with E-state index in [-0.39, 0.29) is 15.0 Å². The van der Waals surface area contributed by atoms with Gasteiger partial charge in [0.15, 0.2) is 0 Å². The number of nitrogens with one attached hydrogen (secondary N) is 1. The average molecular weight is 471 g/mol. The molecule has 162 valence electrons. The molecule has 1 aliphatic carbocycles. The fraction of sp³-hybridized carbons (Fsp3) is 0.615. The summed E-state index contributed by atoms with van der Waals surface area (Å²) in [4.78, 5) is 7.24. The Balaban J connectivity index is 1.30. The minimum atomic E-state index is 0.235. The van der Waals surface area contributed by atoms with Crippen LogP contribution < -0.4 is 5.32 Å². The number of hydrogen-bond donors (Lipinski definition) is 1. The summed E-state index contributed by atoms with van der Waals surface area (Å²) in [7, 11) is 0. The van der Waals surface area contributed by atoms with Gasteiger partial charge in [-0.15, -0.1) is 0 Å². The molecule has 0 bridgehead atoms. The molecule has 3 rings (SSSR count). The van der Waals surface area contributed by atoms with Crippen LogP contribution in [0, 0.1) is 10.2 Å². The molecule has 0 fully saturated rings. The van der Waals surface area contributed by atoms with Gasteiger partial charge in [0.2, 0.25) is 0 Å². The number of pyridine rings is 1. The Labute approximate surface area is 189 Å². The van der Waals surface area contributed by atoms with Crippen LogP contribution in [0.4, 0.5) is 5.69 Å². The van der Waals surface area contributed by atoms with Crippen molar-refractivity contribution in [3.05, 3.63) is 35.5 Å². The van der Waals surface area contributed by atoms with Crippen molar-refractivity contribution >= 4 is 31.5 Å². The van der Waals surface area contributed by atoms with Gasteiger partial charge in [-0.05, 0) is 37.3 Å². The first-order valence-corrected chi connectivity index (χ1v) is 14.1. The van der Waals surface area contributed by atoms with E-state index in [1.165, 1.54) is 106 Å². The van der Waals surface area contributed by atoms with Crippen molar-refractivity contribution in [2.24, 2.45) is 0 Å². The van der Waals surface area contributed by atoms with Gasteiger partial charge in [0.05, 0.1) is 5.52 Å². The molecule has 2 aromatic rings. The molecular formula is C26H37N3Se. The molecule has 0 aliphatic heterocycles. The van der Waals surface area contributed by atoms with Crippen molar-refractivity contribution in [1.82, 2.24) is 4.98 Å². The van der Waals surface area contributed by atoms with Gasteiger partial charge < -0.3 is 5.32 Å². The number of rotatable bonds is 14. The van der Waals surface area contributed by atoms with Gasteiger partial charge in [-0.25, -0.2) is 0 Å². The van der Waals surface area contributed by atoms with E-state index >= 15 is 0 Å². The molecule has 0 saturated heterocycles. The SMILES string of the molecule is N#C[Se]CCCCCCCCCCCCNc1c2c(nc3ccccc13)CCCC2. The normalized spacial score (nSPS) is 13.2. The smallest absolute Gasteiger partial charge is 0.384 e. The van der Waals surface area contributed by atoms with Gasteiger partial charge in [0.1, 0.15) is 0 Å². The number of anilines is 1. The fourth-order valence-corrected chi connectivity index (χ4v) is 5.47. The van der Waals surface area contributed by atoms with Crippen LogP contribution in [0.3, 0.4) is 0 Å². The Bertz CT molecular complexity index is 812. The Hall–Kier alpha value is -1.56. The number of fused-ring (bicyclic) bond motifs is 2. The Kier molecular flexibility index (Phi) is 10.5. The van der Waals surface area contributed by atoms with Crippen LogP contribution in [-0.4, -0.2) is 26.5 Å². The number of aromatic nitrogens is 1. The van der Waals surface area contributed by atoms with E-state index in [0.717, 1.165) is 23.8 Å². The zero-order valence-corrected chi connectivity index (χ0v) is 20.1. The maximum absolute atomic E-state index is 8.56. The van der Waals surface area contributed by atoms with Crippen LogP contribution in [-0.2, 0) is 12.8 Å². The average Bonchev–Trinajstić information content (AvgIpc) is 2.78. The van der Waals surface area contributed by atoms with Crippen LogP contribution >= 0.6 is 0 Å². The van der Waals surface area contributed by atoms with Gasteiger partial charge in [-0.2, -0.15) is 0 Å². The molecule has 0 saturated carbocycles. The molecule has 0 unspecified atom stereocenters. The van der Waals surface area contributed by atoms with E-state index in [9.17, 15) is 0 Å². The zero-order chi connectivity index (χ0) is 20.9. The van der Waals surface area contributed by atoms with Crippen molar-refractivity contribution in [2.45, 2.75) is 95.2 Å². The number of para-hydroxylation sites is 1. The predicted octanol–water partition coefficient (Wildman–Crippen LogP) is 7.03. The number of unbranched alkanes of at least 4 members (excludes halogenated alkanes) is 9. The van der Waals surface area contributed by atoms with Gasteiger partial charge in [-0.1, -0.05) is 18.2 Å². The standard InChI is InChI=1S/C26H37N3Se/c27-21-30-20-14-8-6-4-2-1-3-5-7-13-19-28-26-22-15-9-11-17-24(22)29-25-18-12-10-16-23(25)26/h9,11,15,17H,1-8,10,12-14,16,18-20H2,(H,28,29). The topological polar surface area (TPSA) is 48.7 Å². The van der Waals surface area contributed by atoms with Gasteiger partial charge in [-0.3, -0.25) is 4.98 Å². The quantitative estimate of drug-likeness (QED) is 0.238. The summed E-state index contributed by atoms with van der Waals surface area (Å²) >= 11 is 0.235. The van der Waals surface area contributed by atoms with Crippen molar-refractivity contribution < 1.29 is 0 Å². The summed E-state index contributed by atoms with van der Waals surface area (Å²) < 4.78 is 0. The molecule has 0 spiro atoms. The first-order valence-electron chi connectivity index (χ1n) is 12.1. The van der Waals surface area contributed by atoms with E-state index < -0.39 is 0 Å². The fourth-order valence-electron chi connectivity index (χ4n) is 4.55. The monoisotopic (exact) mass is 471 g/mol. The number of nitrogens with zero attached hydrogens (tertiary/aromatic N) is 2. The molecule has 4 heteroatoms. The molecule has 1 aliphatic rings. The van der Waals surface area contributed by atoms with Crippen molar-refractivity contribution in [2.75, 3.05) is 11.9 Å². The second-order valence-electron chi connectivity index (χ2n) is 8.54. The van der Waals surface area contributed by atoms with Gasteiger partial charge in [0.25, 0.3) is 0 Å². The first-order chi connectivity index (χ1) is 14.9. The van der Waals surface area contributed by atoms with Crippen LogP contribution in [0.2, 0.25) is 5.32 Å². The number of aryl methyl sites for hydroxylation is 1. The molecule has 0 radical (unpaired) electrons. The minimum Gasteiger partial charge on any atom is -0.384 e. The third kappa shape index (κ3) is 7.29. The Morgan fingerprint density at radius 3 is 2.30 bits per heavy atom. The van der Waals surface area contributed by atoms with Gasteiger partial charge >= 0.3 is 101 Å². The molecular weight excluding hydrogens is 433 g/mol. The number of nitriles is 1. The van der Waals surface area contributed by atoms with E-state index in [4.69, 9.17) is 10.2 Å². The molecule has 0 amide bonds. The molecule has 1 aromatic carbocycles. The van der Waals surface area contributed by atoms with Crippen LogP contribution in [0.25, 0.3) is 10.9 Å². The van der Waals surface area contributed by atoms with Crippen molar-refractivity contribution in [1.29, 1.82) is 5.26 Å². The van der Waals surface area contributed by atoms with Crippen LogP contribution in [0.15, 0.2) is 24.3 Å². The summed E-state index contributed by atoms with van der Waals surface area (Å²) in [5.74, 6) is 0. The van der Waals surface area contributed by atoms with Crippen LogP contribution in [0.1, 0.15) is 88.3 Å². The summed E-state index contributed by atoms with van der Waals surface area (Å²) in [5, 5.41) is 14.8. The Morgan fingerprint density at radius 2 is 1.53 bits per heavy atom. The third-order valence-corrected chi connectivity index (χ3v) is 7.51. The summed E-state index contributed by atoms with van der Waals surface area (Å²) in [6, 6.07) is 8.62. The van der Waals surface area contributed by atoms with E-state index in [2.05, 4.69) is 34.5 Å². The van der Waals surface area contributed by atoms with Crippen molar-refractivity contribution in [3.8, 4) is 4.97 Å². The first kappa shape index (κ1) is 23.1. The van der Waals surface area contributed by atoms with Crippen molar-refractivity contribution in [3.63, 3.8) is 0 Å². The molecule has 1 N–H and O–H groups in total. The van der Waals surface area contributed by atoms with Crippen LogP contribution in [0.5, 0.6) is 0 Å². The summed E-state index contributed by atoms with van der Waals surface area (Å²) in [5.41, 5.74) is 5.32. The molecule has 1 aromatic heterocycles. The number of benzene rings is 1. The van der Waals surface area contributed by atoms with E-state index in [1.54, 1.807) is 0 Å². The second-order valence-corrected chi connectivity index (χ2v) is 10.4. The Morgan fingerprint density at radius 1 is 0.867 bits per heavy atom. The molecule has 30 heavy (non-hydrogen) atoms. The van der Waals surface area contributed by atoms with E-state index in [1.807, 2.05) is 0 Å². The summed E-state index contributed by atoms with van der Waals surface area (Å²) in [6.45, 7) is 1.07. The predicted molar refractivity (Wildman–Crippen MR) is 129 cm³/mol. The zero-order valence-electron chi connectivity index (χ0n) is 18.4. The minimum absolute atomic E-state index is 0.235. The molecule has 0 atom stereocenters. The summed E-state index contributed by atoms with van der Waals surface area (Å²) in [6.07, 6.45) is 18.3. The molecule has 1 heterocycles. The second kappa shape index (κ2) is 13.7. The van der Waals surface area contributed by atoms with E-state index in [0.29, 0.717) is 0 Å². The molecule has 3 nitrogen and oxygen atoms in total. The maximum atomic E-state index is 8.56. The van der Waals surface area contributed by atoms with Gasteiger partial charge in [0, 0.05) is 16.8 Å². The third-order valence-electron chi connectivity index (χ3n) is 6.21. The number of hydrogen-bond acceptors (Lipinski definition) is 3.